The molecule has 1 heterocycles. The summed E-state index contributed by atoms with van der Waals surface area (Å²) in [6, 6.07) is 13.0. The van der Waals surface area contributed by atoms with Gasteiger partial charge in [0.1, 0.15) is 0 Å². The highest BCUT2D eigenvalue weighted by Gasteiger charge is 2.39. The third-order valence-electron chi connectivity index (χ3n) is 5.29. The number of carbonyl (C=O) groups is 1. The zero-order chi connectivity index (χ0) is 21.3. The van der Waals surface area contributed by atoms with Crippen molar-refractivity contribution in [3.05, 3.63) is 75.6 Å². The lowest BCUT2D eigenvalue weighted by Gasteiger charge is -2.13. The van der Waals surface area contributed by atoms with Gasteiger partial charge in [-0.2, -0.15) is 13.2 Å². The number of Topliss-reactive ketones (excluding diaryl/α,β-unsaturated/α-hetero) is 1. The number of halogens is 4. The number of hydrogen-bond acceptors (Lipinski definition) is 3. The molecule has 0 saturated heterocycles. The fourth-order valence-corrected chi connectivity index (χ4v) is 4.02. The second kappa shape index (κ2) is 8.46. The number of ether oxygens (including phenoxy) is 1. The summed E-state index contributed by atoms with van der Waals surface area (Å²) in [7, 11) is 0. The average molecular weight is 480 g/mol. The minimum absolute atomic E-state index is 0.215. The van der Waals surface area contributed by atoms with E-state index in [2.05, 4.69) is 21.2 Å². The van der Waals surface area contributed by atoms with Crippen molar-refractivity contribution < 1.29 is 22.7 Å². The van der Waals surface area contributed by atoms with Crippen LogP contribution in [0.25, 0.3) is 5.57 Å². The Morgan fingerprint density at radius 1 is 1.10 bits per heavy atom. The van der Waals surface area contributed by atoms with Crippen LogP contribution in [0.2, 0.25) is 0 Å². The molecule has 1 N–H and O–H groups in total. The summed E-state index contributed by atoms with van der Waals surface area (Å²) < 4.78 is 46.4. The fraction of sp³-hybridized carbons (Fsp3) is 0.348. The topological polar surface area (TPSA) is 38.3 Å². The molecule has 0 spiro atoms. The van der Waals surface area contributed by atoms with Gasteiger partial charge in [-0.1, -0.05) is 46.3 Å². The van der Waals surface area contributed by atoms with Crippen molar-refractivity contribution in [2.24, 2.45) is 0 Å². The van der Waals surface area contributed by atoms with E-state index in [1.54, 1.807) is 0 Å². The number of carbonyl (C=O) groups excluding carboxylic acids is 1. The van der Waals surface area contributed by atoms with Crippen molar-refractivity contribution in [2.45, 2.75) is 50.4 Å². The smallest absolute Gasteiger partial charge is 0.416 e. The minimum Gasteiger partial charge on any atom is -0.467 e. The van der Waals surface area contributed by atoms with E-state index in [4.69, 9.17) is 4.74 Å². The number of ketones is 1. The fourth-order valence-electron chi connectivity index (χ4n) is 3.54. The summed E-state index contributed by atoms with van der Waals surface area (Å²) in [6.07, 6.45) is -1.22. The molecule has 30 heavy (non-hydrogen) atoms. The van der Waals surface area contributed by atoms with Gasteiger partial charge >= 0.3 is 6.18 Å². The molecule has 2 aromatic carbocycles. The van der Waals surface area contributed by atoms with Crippen molar-refractivity contribution in [3.8, 4) is 0 Å². The first-order valence-electron chi connectivity index (χ1n) is 9.95. The summed E-state index contributed by atoms with van der Waals surface area (Å²) in [5.74, 6) is 0.0531. The maximum Gasteiger partial charge on any atom is 0.416 e. The van der Waals surface area contributed by atoms with E-state index >= 15 is 0 Å². The summed E-state index contributed by atoms with van der Waals surface area (Å²) in [5.41, 5.74) is 0.832. The van der Waals surface area contributed by atoms with Crippen LogP contribution in [0.3, 0.4) is 0 Å². The minimum atomic E-state index is -4.47. The molecule has 1 aliphatic carbocycles. The normalized spacial score (nSPS) is 19.2. The van der Waals surface area contributed by atoms with Crippen LogP contribution in [-0.2, 0) is 22.1 Å². The van der Waals surface area contributed by atoms with E-state index in [1.807, 2.05) is 24.3 Å². The largest absolute Gasteiger partial charge is 0.467 e. The Hall–Kier alpha value is -2.28. The Bertz CT molecular complexity index is 982. The molecule has 1 saturated carbocycles. The third-order valence-corrected chi connectivity index (χ3v) is 6.06. The lowest BCUT2D eigenvalue weighted by Crippen LogP contribution is -2.20. The highest BCUT2D eigenvalue weighted by Crippen LogP contribution is 2.36. The predicted molar refractivity (Wildman–Crippen MR) is 111 cm³/mol. The Kier molecular flexibility index (Phi) is 5.91. The zero-order valence-electron chi connectivity index (χ0n) is 16.1. The molecular weight excluding hydrogens is 459 g/mol. The number of alkyl halides is 3. The summed E-state index contributed by atoms with van der Waals surface area (Å²) in [5, 5.41) is 3.19. The van der Waals surface area contributed by atoms with Crippen LogP contribution >= 0.6 is 15.9 Å². The second-order valence-electron chi connectivity index (χ2n) is 7.66. The molecule has 7 heteroatoms. The number of nitrogens with one attached hydrogen (secondary N) is 1. The molecule has 3 nitrogen and oxygen atoms in total. The van der Waals surface area contributed by atoms with Gasteiger partial charge in [0.15, 0.2) is 12.0 Å². The molecule has 1 aliphatic heterocycles. The molecule has 158 valence electrons. The van der Waals surface area contributed by atoms with Crippen molar-refractivity contribution >= 4 is 27.3 Å². The molecule has 0 radical (unpaired) electrons. The van der Waals surface area contributed by atoms with Gasteiger partial charge in [0.25, 0.3) is 0 Å². The molecule has 1 fully saturated rings. The number of benzene rings is 2. The van der Waals surface area contributed by atoms with E-state index in [0.717, 1.165) is 47.9 Å². The van der Waals surface area contributed by atoms with E-state index in [0.29, 0.717) is 12.3 Å². The van der Waals surface area contributed by atoms with Crippen molar-refractivity contribution in [2.75, 3.05) is 0 Å². The van der Waals surface area contributed by atoms with E-state index in [-0.39, 0.29) is 23.0 Å². The van der Waals surface area contributed by atoms with Gasteiger partial charge < -0.3 is 10.1 Å². The van der Waals surface area contributed by atoms with Gasteiger partial charge in [-0.05, 0) is 61.4 Å². The van der Waals surface area contributed by atoms with Gasteiger partial charge in [0.05, 0.1) is 11.1 Å². The highest BCUT2D eigenvalue weighted by atomic mass is 79.9. The number of hydrogen-bond donors (Lipinski definition) is 1. The van der Waals surface area contributed by atoms with E-state index in [1.165, 1.54) is 12.1 Å². The van der Waals surface area contributed by atoms with Crippen LogP contribution in [-0.4, -0.2) is 17.9 Å². The van der Waals surface area contributed by atoms with Crippen LogP contribution in [0.1, 0.15) is 42.4 Å². The Morgan fingerprint density at radius 2 is 1.87 bits per heavy atom. The SMILES string of the molecule is O=C1C(c2cccc(C(F)(F)F)c2)=C(NC2CC2)OC1CCCc1ccccc1Br. The quantitative estimate of drug-likeness (QED) is 0.538. The molecule has 1 atom stereocenters. The maximum atomic E-state index is 13.2. The summed E-state index contributed by atoms with van der Waals surface area (Å²) in [6.45, 7) is 0. The van der Waals surface area contributed by atoms with Gasteiger partial charge in [-0.25, -0.2) is 0 Å². The third kappa shape index (κ3) is 4.72. The standard InChI is InChI=1S/C23H21BrF3NO2/c24-18-9-2-1-5-14(18)6-4-10-19-21(29)20(22(30-19)28-17-11-12-17)15-7-3-8-16(13-15)23(25,26)27/h1-3,5,7-9,13,17,19,28H,4,6,10-12H2. The molecule has 4 rings (SSSR count). The molecule has 2 aromatic rings. The van der Waals surface area contributed by atoms with Crippen LogP contribution in [0.15, 0.2) is 58.9 Å². The summed E-state index contributed by atoms with van der Waals surface area (Å²) in [4.78, 5) is 13.1. The van der Waals surface area contributed by atoms with Gasteiger partial charge in [-0.15, -0.1) is 0 Å². The lowest BCUT2D eigenvalue weighted by atomic mass is 9.96. The first-order valence-corrected chi connectivity index (χ1v) is 10.7. The maximum absolute atomic E-state index is 13.2. The lowest BCUT2D eigenvalue weighted by molar-refractivity contribution is -0.137. The molecular formula is C23H21BrF3NO2. The molecule has 2 aliphatic rings. The van der Waals surface area contributed by atoms with Crippen LogP contribution in [0, 0.1) is 0 Å². The Balaban J connectivity index is 1.51. The molecule has 1 unspecified atom stereocenters. The first kappa shape index (κ1) is 21.0. The molecule has 0 aromatic heterocycles. The predicted octanol–water partition coefficient (Wildman–Crippen LogP) is 5.88. The van der Waals surface area contributed by atoms with Crippen molar-refractivity contribution in [3.63, 3.8) is 0 Å². The van der Waals surface area contributed by atoms with Crippen molar-refractivity contribution in [1.82, 2.24) is 5.32 Å². The molecule has 0 bridgehead atoms. The number of aryl methyl sites for hydroxylation is 1. The van der Waals surface area contributed by atoms with Crippen LogP contribution in [0.5, 0.6) is 0 Å². The van der Waals surface area contributed by atoms with Gasteiger partial charge in [-0.3, -0.25) is 4.79 Å². The summed E-state index contributed by atoms with van der Waals surface area (Å²) >= 11 is 3.52. The van der Waals surface area contributed by atoms with Gasteiger partial charge in [0.2, 0.25) is 5.78 Å². The van der Waals surface area contributed by atoms with Crippen molar-refractivity contribution in [1.29, 1.82) is 0 Å². The second-order valence-corrected chi connectivity index (χ2v) is 8.51. The molecule has 0 amide bonds. The first-order chi connectivity index (χ1) is 14.3. The van der Waals surface area contributed by atoms with Gasteiger partial charge in [0, 0.05) is 10.5 Å². The number of rotatable bonds is 7. The van der Waals surface area contributed by atoms with E-state index in [9.17, 15) is 18.0 Å². The van der Waals surface area contributed by atoms with Crippen LogP contribution < -0.4 is 5.32 Å². The Morgan fingerprint density at radius 3 is 2.57 bits per heavy atom. The van der Waals surface area contributed by atoms with Crippen LogP contribution in [0.4, 0.5) is 13.2 Å². The van der Waals surface area contributed by atoms with E-state index < -0.39 is 17.8 Å². The highest BCUT2D eigenvalue weighted by molar-refractivity contribution is 9.10. The zero-order valence-corrected chi connectivity index (χ0v) is 17.7. The monoisotopic (exact) mass is 479 g/mol. The average Bonchev–Trinajstić information content (AvgIpc) is 3.46. The Labute approximate surface area is 181 Å².